The van der Waals surface area contributed by atoms with E-state index < -0.39 is 266 Å². The quantitative estimate of drug-likeness (QED) is 0.0270. The number of carboxylic acid groups (broad SMARTS) is 3. The van der Waals surface area contributed by atoms with Crippen LogP contribution in [-0.4, -0.2) is 286 Å². The van der Waals surface area contributed by atoms with E-state index in [0.29, 0.717) is 44.1 Å². The van der Waals surface area contributed by atoms with Crippen LogP contribution in [0.15, 0.2) is 30.3 Å². The lowest BCUT2D eigenvalue weighted by atomic mass is 9.97. The topological polar surface area (TPSA) is 762 Å². The maximum absolute atomic E-state index is 14.5. The monoisotopic (exact) mass is 1810 g/mol. The van der Waals surface area contributed by atoms with Crippen LogP contribution in [0.2, 0.25) is 0 Å². The number of carboxylic acids is 3. The molecule has 16 amide bonds. The van der Waals surface area contributed by atoms with Gasteiger partial charge >= 0.3 is 17.9 Å². The normalized spacial score (nSPS) is 15.3. The number of rotatable bonds is 66. The molecule has 0 aliphatic rings. The lowest BCUT2D eigenvalue weighted by Gasteiger charge is -2.29. The molecule has 0 spiro atoms. The highest BCUT2D eigenvalue weighted by Crippen LogP contribution is 2.16. The van der Waals surface area contributed by atoms with Gasteiger partial charge in [0.25, 0.3) is 0 Å². The molecule has 1 rings (SSSR count). The van der Waals surface area contributed by atoms with Crippen LogP contribution in [0, 0.1) is 17.8 Å². The van der Waals surface area contributed by atoms with Gasteiger partial charge in [0.1, 0.15) is 90.6 Å². The van der Waals surface area contributed by atoms with Gasteiger partial charge in [-0.3, -0.25) is 86.3 Å². The fourth-order valence-corrected chi connectivity index (χ4v) is 12.9. The molecule has 0 unspecified atom stereocenters. The van der Waals surface area contributed by atoms with Crippen LogP contribution in [0.5, 0.6) is 0 Å². The molecule has 0 saturated carbocycles. The van der Waals surface area contributed by atoms with Crippen LogP contribution in [0.25, 0.3) is 0 Å². The first-order valence-corrected chi connectivity index (χ1v) is 43.7. The van der Waals surface area contributed by atoms with E-state index >= 15 is 0 Å². The van der Waals surface area contributed by atoms with Gasteiger partial charge in [0.2, 0.25) is 94.5 Å². The summed E-state index contributed by atoms with van der Waals surface area (Å²) < 4.78 is 0. The molecule has 0 heterocycles. The summed E-state index contributed by atoms with van der Waals surface area (Å²) in [6, 6.07) is -16.3. The summed E-state index contributed by atoms with van der Waals surface area (Å²) in [6.45, 7) is 10.3. The summed E-state index contributed by atoms with van der Waals surface area (Å²) in [5.41, 5.74) is 34.8. The Morgan fingerprint density at radius 2 is 0.659 bits per heavy atom. The second-order valence-corrected chi connectivity index (χ2v) is 32.3. The van der Waals surface area contributed by atoms with Crippen molar-refractivity contribution in [2.45, 2.75) is 280 Å². The summed E-state index contributed by atoms with van der Waals surface area (Å²) in [6.07, 6.45) is 1.37. The largest absolute Gasteiger partial charge is 0.481 e. The molecule has 45 nitrogen and oxygen atoms in total. The SMILES string of the molecule is CC[C@H](C)[C@H](NC(=O)[C@H](CCCCN)NC(=O)[C@H](CCCCN)NC(=O)[C@@H](N)CCC(=O)O)C(=O)N[C@@H](C)C(=O)N[C@@H](CCCCN)C(=O)N[C@@H](CCSC)C(=O)N[C@@H](CCC(=O)O)C(=O)N[C@@H](CCCCN)C(=O)N[C@@H](C)C(=O)N[C@@H](CO)C(=O)N[C@@H](CO)C(=O)N[C@H](C(=O)N[C@@H](Cc1ccccc1)C(=O)N[C@@H](CC(N)=O)C(=O)N[C@H](C(=O)O)C(C)C)C(C)C. The highest BCUT2D eigenvalue weighted by atomic mass is 32.2. The Morgan fingerprint density at radius 1 is 0.349 bits per heavy atom. The predicted molar refractivity (Wildman–Crippen MR) is 462 cm³/mol. The molecule has 46 heteroatoms. The average Bonchev–Trinajstić information content (AvgIpc) is 0.849. The van der Waals surface area contributed by atoms with Gasteiger partial charge in [0.15, 0.2) is 0 Å². The zero-order chi connectivity index (χ0) is 95.5. The van der Waals surface area contributed by atoms with Crippen molar-refractivity contribution in [2.75, 3.05) is 51.4 Å². The third-order valence-electron chi connectivity index (χ3n) is 20.2. The number of aliphatic hydroxyl groups is 2. The van der Waals surface area contributed by atoms with Crippen molar-refractivity contribution in [3.63, 3.8) is 0 Å². The second-order valence-electron chi connectivity index (χ2n) is 31.4. The van der Waals surface area contributed by atoms with Gasteiger partial charge < -0.3 is 140 Å². The number of carbonyl (C=O) groups excluding carboxylic acids is 16. The molecule has 0 saturated heterocycles. The van der Waals surface area contributed by atoms with Crippen LogP contribution in [0.4, 0.5) is 0 Å². The maximum atomic E-state index is 14.5. The number of aliphatic hydroxyl groups excluding tert-OH is 2. The molecule has 17 atom stereocenters. The summed E-state index contributed by atoms with van der Waals surface area (Å²) in [7, 11) is 0. The predicted octanol–water partition coefficient (Wildman–Crippen LogP) is -6.83. The van der Waals surface area contributed by atoms with E-state index in [-0.39, 0.29) is 96.1 Å². The maximum Gasteiger partial charge on any atom is 0.326 e. The van der Waals surface area contributed by atoms with Crippen LogP contribution >= 0.6 is 11.8 Å². The average molecular weight is 1810 g/mol. The first-order chi connectivity index (χ1) is 59.5. The highest BCUT2D eigenvalue weighted by Gasteiger charge is 2.40. The summed E-state index contributed by atoms with van der Waals surface area (Å²) >= 11 is 1.25. The summed E-state index contributed by atoms with van der Waals surface area (Å²) in [4.78, 5) is 257. The minimum atomic E-state index is -1.91. The van der Waals surface area contributed by atoms with Crippen LogP contribution in [0.1, 0.15) is 183 Å². The van der Waals surface area contributed by atoms with E-state index in [1.807, 2.05) is 0 Å². The number of amides is 16. The molecule has 0 bridgehead atoms. The van der Waals surface area contributed by atoms with Gasteiger partial charge in [-0.25, -0.2) is 4.79 Å². The number of thioether (sulfide) groups is 1. The van der Waals surface area contributed by atoms with E-state index in [4.69, 9.17) is 39.5 Å². The van der Waals surface area contributed by atoms with Crippen molar-refractivity contribution in [1.29, 1.82) is 0 Å². The van der Waals surface area contributed by atoms with Crippen LogP contribution < -0.4 is 114 Å². The smallest absolute Gasteiger partial charge is 0.326 e. The second kappa shape index (κ2) is 61.6. The minimum absolute atomic E-state index is 0.0275. The number of carbonyl (C=O) groups is 19. The summed E-state index contributed by atoms with van der Waals surface area (Å²) in [5, 5.41) is 86.5. The van der Waals surface area contributed by atoms with Gasteiger partial charge in [0, 0.05) is 19.3 Å². The molecule has 1 aromatic rings. The number of primary amides is 1. The molecule has 0 aliphatic carbocycles. The fourth-order valence-electron chi connectivity index (χ4n) is 12.4. The number of nitrogens with two attached hydrogens (primary N) is 6. The molecule has 0 radical (unpaired) electrons. The number of hydrogen-bond donors (Lipinski definition) is 26. The summed E-state index contributed by atoms with van der Waals surface area (Å²) in [5.74, 6) is -21.9. The fraction of sp³-hybridized carbons (Fsp3) is 0.688. The number of benzene rings is 1. The van der Waals surface area contributed by atoms with Gasteiger partial charge in [-0.05, 0) is 172 Å². The Labute approximate surface area is 737 Å². The van der Waals surface area contributed by atoms with E-state index in [0.717, 1.165) is 6.92 Å². The Hall–Kier alpha value is -10.8. The van der Waals surface area contributed by atoms with Gasteiger partial charge in [-0.1, -0.05) is 78.3 Å². The minimum Gasteiger partial charge on any atom is -0.481 e. The van der Waals surface area contributed by atoms with Crippen molar-refractivity contribution < 1.29 is 117 Å². The zero-order valence-corrected chi connectivity index (χ0v) is 74.1. The molecule has 0 fully saturated rings. The molecular weight excluding hydrogens is 1670 g/mol. The van der Waals surface area contributed by atoms with E-state index in [2.05, 4.69) is 79.8 Å². The van der Waals surface area contributed by atoms with E-state index in [1.54, 1.807) is 50.4 Å². The molecule has 0 aliphatic heterocycles. The Balaban J connectivity index is 3.51. The zero-order valence-electron chi connectivity index (χ0n) is 73.3. The van der Waals surface area contributed by atoms with E-state index in [9.17, 15) is 112 Å². The Morgan fingerprint density at radius 3 is 1.06 bits per heavy atom. The Bertz CT molecular complexity index is 3720. The first kappa shape index (κ1) is 113. The number of unbranched alkanes of at least 4 members (excludes halogenated alkanes) is 4. The van der Waals surface area contributed by atoms with Crippen molar-refractivity contribution >= 4 is 124 Å². The van der Waals surface area contributed by atoms with Gasteiger partial charge in [0.05, 0.1) is 25.7 Å². The van der Waals surface area contributed by atoms with Gasteiger partial charge in [-0.15, -0.1) is 0 Å². The van der Waals surface area contributed by atoms with Crippen molar-refractivity contribution in [3.05, 3.63) is 35.9 Å². The molecular formula is C80H137N21O24S. The molecule has 712 valence electrons. The molecule has 32 N–H and O–H groups in total. The van der Waals surface area contributed by atoms with Crippen LogP contribution in [-0.2, 0) is 97.5 Å². The van der Waals surface area contributed by atoms with Crippen molar-refractivity contribution in [2.24, 2.45) is 52.2 Å². The lowest BCUT2D eigenvalue weighted by Crippen LogP contribution is -2.62. The third kappa shape index (κ3) is 43.4. The number of hydrogen-bond acceptors (Lipinski definition) is 27. The van der Waals surface area contributed by atoms with Crippen molar-refractivity contribution in [3.8, 4) is 0 Å². The van der Waals surface area contributed by atoms with Crippen LogP contribution in [0.3, 0.4) is 0 Å². The standard InChI is InChI=1S/C80H137N21O24S/c1-10-44(6)64(101-73(117)52(27-17-21-36-84)92-70(114)51(26-16-20-35-83)90-67(111)48(85)28-30-60(105)106)79(123)88-46(8)65(109)89-50(25-15-19-34-82)69(113)94-54(32-37-126-9)72(116)93-53(29-31-61(107)108)71(115)91-49(24-14-18-33-81)68(112)87-45(7)66(110)97-57(40-102)76(120)98-58(41-103)77(121)99-62(42(2)3)78(122)96-55(38-47-22-12-11-13-23-47)74(118)95-56(39-59(86)104)75(119)100-63(43(4)5)80(124)125/h11-13,22-23,42-46,48-58,62-64,102-103H,10,14-21,24-41,81-85H2,1-9H3,(H2,86,104)(H,87,112)(H,88,123)(H,89,109)(H,90,111)(H,91,115)(H,92,114)(H,93,116)(H,94,113)(H,95,118)(H,96,122)(H,97,110)(H,98,120)(H,99,121)(H,100,119)(H,101,117)(H,105,106)(H,107,108)(H,124,125)/t44-,45-,46-,48-,49-,50-,51-,52-,53-,54-,55-,56-,57-,58-,62-,63-,64-/m0/s1. The highest BCUT2D eigenvalue weighted by molar-refractivity contribution is 7.98. The third-order valence-corrected chi connectivity index (χ3v) is 20.9. The van der Waals surface area contributed by atoms with E-state index in [1.165, 1.54) is 46.4 Å². The number of aliphatic carboxylic acids is 3. The Kier molecular flexibility index (Phi) is 55.3. The van der Waals surface area contributed by atoms with Crippen molar-refractivity contribution in [1.82, 2.24) is 79.8 Å². The first-order valence-electron chi connectivity index (χ1n) is 42.3. The molecule has 1 aromatic carbocycles. The van der Waals surface area contributed by atoms with Gasteiger partial charge in [-0.2, -0.15) is 11.8 Å². The molecule has 126 heavy (non-hydrogen) atoms. The molecule has 0 aromatic heterocycles. The lowest BCUT2D eigenvalue weighted by molar-refractivity contribution is -0.144. The number of nitrogens with one attached hydrogen (secondary N) is 15.